The molecule has 0 N–H and O–H groups in total. The van der Waals surface area contributed by atoms with Crippen LogP contribution in [-0.2, 0) is 6.54 Å². The van der Waals surface area contributed by atoms with Gasteiger partial charge in [-0.25, -0.2) is 4.98 Å². The smallest absolute Gasteiger partial charge is 0.251 e. The molecule has 0 aliphatic heterocycles. The molecule has 0 aliphatic rings. The first kappa shape index (κ1) is 14.2. The quantitative estimate of drug-likeness (QED) is 0.704. The summed E-state index contributed by atoms with van der Waals surface area (Å²) in [5.41, 5.74) is 3.01. The average molecular weight is 361 g/mol. The number of benzene rings is 1. The Morgan fingerprint density at radius 1 is 1.24 bits per heavy atom. The number of halogens is 1. The molecular formula is C16H13BrN2OS. The maximum Gasteiger partial charge on any atom is 0.251 e. The fraction of sp³-hybridized carbons (Fsp3) is 0.125. The van der Waals surface area contributed by atoms with Crippen molar-refractivity contribution >= 4 is 27.3 Å². The molecule has 0 fully saturated rings. The van der Waals surface area contributed by atoms with Crippen LogP contribution in [0.5, 0.6) is 0 Å². The monoisotopic (exact) mass is 360 g/mol. The normalized spacial score (nSPS) is 10.8. The minimum absolute atomic E-state index is 0.00962. The van der Waals surface area contributed by atoms with Crippen LogP contribution in [-0.4, -0.2) is 9.55 Å². The van der Waals surface area contributed by atoms with Gasteiger partial charge in [-0.05, 0) is 30.7 Å². The van der Waals surface area contributed by atoms with Gasteiger partial charge >= 0.3 is 0 Å². The van der Waals surface area contributed by atoms with E-state index in [1.54, 1.807) is 22.0 Å². The van der Waals surface area contributed by atoms with Gasteiger partial charge < -0.3 is 4.57 Å². The highest BCUT2D eigenvalue weighted by molar-refractivity contribution is 9.10. The van der Waals surface area contributed by atoms with Crippen LogP contribution >= 0.6 is 27.3 Å². The van der Waals surface area contributed by atoms with Gasteiger partial charge in [0.2, 0.25) is 0 Å². The molecule has 2 heterocycles. The Morgan fingerprint density at radius 3 is 2.71 bits per heavy atom. The largest absolute Gasteiger partial charge is 0.309 e. The number of hydrogen-bond donors (Lipinski definition) is 0. The third-order valence-electron chi connectivity index (χ3n) is 3.15. The predicted octanol–water partition coefficient (Wildman–Crippen LogP) is 4.09. The molecule has 0 spiro atoms. The van der Waals surface area contributed by atoms with Crippen molar-refractivity contribution in [2.24, 2.45) is 0 Å². The lowest BCUT2D eigenvalue weighted by Gasteiger charge is -2.02. The minimum atomic E-state index is 0.00962. The second-order valence-corrected chi connectivity index (χ2v) is 6.66. The Hall–Kier alpha value is -1.72. The van der Waals surface area contributed by atoms with E-state index in [-0.39, 0.29) is 5.56 Å². The van der Waals surface area contributed by atoms with Gasteiger partial charge in [-0.1, -0.05) is 28.1 Å². The van der Waals surface area contributed by atoms with Crippen LogP contribution in [0.3, 0.4) is 0 Å². The fourth-order valence-electron chi connectivity index (χ4n) is 2.02. The van der Waals surface area contributed by atoms with Crippen LogP contribution in [0.15, 0.2) is 57.2 Å². The van der Waals surface area contributed by atoms with Gasteiger partial charge in [0.15, 0.2) is 0 Å². The molecule has 2 aromatic heterocycles. The molecule has 21 heavy (non-hydrogen) atoms. The summed E-state index contributed by atoms with van der Waals surface area (Å²) < 4.78 is 2.73. The van der Waals surface area contributed by atoms with Crippen molar-refractivity contribution < 1.29 is 0 Å². The number of pyridine rings is 1. The molecule has 5 heteroatoms. The Labute approximate surface area is 135 Å². The first-order chi connectivity index (χ1) is 10.1. The van der Waals surface area contributed by atoms with Crippen molar-refractivity contribution in [1.82, 2.24) is 9.55 Å². The van der Waals surface area contributed by atoms with Crippen LogP contribution in [0.25, 0.3) is 11.3 Å². The summed E-state index contributed by atoms with van der Waals surface area (Å²) in [6.07, 6.45) is 1.82. The van der Waals surface area contributed by atoms with Crippen molar-refractivity contribution in [2.75, 3.05) is 0 Å². The summed E-state index contributed by atoms with van der Waals surface area (Å²) in [7, 11) is 0. The molecule has 3 nitrogen and oxygen atoms in total. The molecule has 0 amide bonds. The lowest BCUT2D eigenvalue weighted by Crippen LogP contribution is -2.19. The van der Waals surface area contributed by atoms with Crippen molar-refractivity contribution in [1.29, 1.82) is 0 Å². The number of aromatic nitrogens is 2. The van der Waals surface area contributed by atoms with Crippen molar-refractivity contribution in [2.45, 2.75) is 13.5 Å². The Balaban J connectivity index is 1.85. The van der Waals surface area contributed by atoms with E-state index in [1.807, 2.05) is 48.8 Å². The van der Waals surface area contributed by atoms with Crippen molar-refractivity contribution in [3.05, 3.63) is 73.4 Å². The van der Waals surface area contributed by atoms with E-state index in [9.17, 15) is 4.79 Å². The summed E-state index contributed by atoms with van der Waals surface area (Å²) >= 11 is 5.00. The second kappa shape index (κ2) is 5.95. The van der Waals surface area contributed by atoms with Gasteiger partial charge in [-0.3, -0.25) is 4.79 Å². The van der Waals surface area contributed by atoms with E-state index >= 15 is 0 Å². The molecule has 1 aromatic carbocycles. The van der Waals surface area contributed by atoms with E-state index in [4.69, 9.17) is 0 Å². The second-order valence-electron chi connectivity index (χ2n) is 4.80. The molecule has 0 saturated carbocycles. The van der Waals surface area contributed by atoms with Gasteiger partial charge in [0.1, 0.15) is 5.01 Å². The summed E-state index contributed by atoms with van der Waals surface area (Å²) in [6, 6.07) is 11.6. The third kappa shape index (κ3) is 3.31. The van der Waals surface area contributed by atoms with Crippen LogP contribution in [0, 0.1) is 6.92 Å². The molecule has 0 bridgehead atoms. The molecule has 106 valence electrons. The number of aryl methyl sites for hydroxylation is 1. The molecule has 0 saturated heterocycles. The van der Waals surface area contributed by atoms with Crippen molar-refractivity contribution in [3.63, 3.8) is 0 Å². The van der Waals surface area contributed by atoms with Gasteiger partial charge in [0.25, 0.3) is 5.56 Å². The van der Waals surface area contributed by atoms with Crippen molar-refractivity contribution in [3.8, 4) is 11.3 Å². The van der Waals surface area contributed by atoms with Crippen LogP contribution < -0.4 is 5.56 Å². The maximum absolute atomic E-state index is 11.9. The highest BCUT2D eigenvalue weighted by Crippen LogP contribution is 2.23. The molecule has 0 aliphatic carbocycles. The SMILES string of the molecule is Cc1ccn(Cc2nc(-c3ccc(Br)cc3)cs2)c(=O)c1. The van der Waals surface area contributed by atoms with Gasteiger partial charge in [0, 0.05) is 27.7 Å². The summed E-state index contributed by atoms with van der Waals surface area (Å²) in [4.78, 5) is 16.5. The number of hydrogen-bond acceptors (Lipinski definition) is 3. The summed E-state index contributed by atoms with van der Waals surface area (Å²) in [5, 5.41) is 2.96. The molecule has 0 atom stereocenters. The Morgan fingerprint density at radius 2 is 2.00 bits per heavy atom. The number of rotatable bonds is 3. The Bertz CT molecular complexity index is 821. The molecule has 0 radical (unpaired) electrons. The first-order valence-corrected chi connectivity index (χ1v) is 8.16. The van der Waals surface area contributed by atoms with Crippen LogP contribution in [0.1, 0.15) is 10.6 Å². The molecule has 3 aromatic rings. The van der Waals surface area contributed by atoms with E-state index in [0.717, 1.165) is 26.3 Å². The van der Waals surface area contributed by atoms with Crippen LogP contribution in [0.4, 0.5) is 0 Å². The molecular weight excluding hydrogens is 348 g/mol. The highest BCUT2D eigenvalue weighted by atomic mass is 79.9. The number of thiazole rings is 1. The maximum atomic E-state index is 11.9. The van der Waals surface area contributed by atoms with Crippen LogP contribution in [0.2, 0.25) is 0 Å². The topological polar surface area (TPSA) is 34.9 Å². The average Bonchev–Trinajstić information content (AvgIpc) is 2.91. The van der Waals surface area contributed by atoms with E-state index in [0.29, 0.717) is 6.54 Å². The molecule has 0 unspecified atom stereocenters. The summed E-state index contributed by atoms with van der Waals surface area (Å²) in [5.74, 6) is 0. The van der Waals surface area contributed by atoms with Gasteiger partial charge in [0.05, 0.1) is 12.2 Å². The minimum Gasteiger partial charge on any atom is -0.309 e. The standard InChI is InChI=1S/C16H13BrN2OS/c1-11-6-7-19(16(20)8-11)9-15-18-14(10-21-15)12-2-4-13(17)5-3-12/h2-8,10H,9H2,1H3. The van der Waals surface area contributed by atoms with Gasteiger partial charge in [-0.15, -0.1) is 11.3 Å². The lowest BCUT2D eigenvalue weighted by atomic mass is 10.2. The third-order valence-corrected chi connectivity index (χ3v) is 4.51. The lowest BCUT2D eigenvalue weighted by molar-refractivity contribution is 0.752. The zero-order valence-electron chi connectivity index (χ0n) is 11.4. The summed E-state index contributed by atoms with van der Waals surface area (Å²) in [6.45, 7) is 2.43. The number of nitrogens with zero attached hydrogens (tertiary/aromatic N) is 2. The highest BCUT2D eigenvalue weighted by Gasteiger charge is 2.06. The zero-order chi connectivity index (χ0) is 14.8. The van der Waals surface area contributed by atoms with Gasteiger partial charge in [-0.2, -0.15) is 0 Å². The first-order valence-electron chi connectivity index (χ1n) is 6.49. The van der Waals surface area contributed by atoms with E-state index in [1.165, 1.54) is 0 Å². The Kier molecular flexibility index (Phi) is 4.03. The van der Waals surface area contributed by atoms with E-state index in [2.05, 4.69) is 20.9 Å². The zero-order valence-corrected chi connectivity index (χ0v) is 13.8. The molecule has 3 rings (SSSR count). The fourth-order valence-corrected chi connectivity index (χ4v) is 3.09. The predicted molar refractivity (Wildman–Crippen MR) is 89.8 cm³/mol. The van der Waals surface area contributed by atoms with E-state index < -0.39 is 0 Å².